The SMILES string of the molecule is O=[N+]([O-])c1ccc(NC2CCSCC2)c2ncccc12. The number of aromatic nitrogens is 1. The average Bonchev–Trinajstić information content (AvgIpc) is 2.48. The zero-order chi connectivity index (χ0) is 13.9. The van der Waals surface area contributed by atoms with Gasteiger partial charge in [0.25, 0.3) is 5.69 Å². The highest BCUT2D eigenvalue weighted by Crippen LogP contribution is 2.31. The van der Waals surface area contributed by atoms with Crippen LogP contribution in [0.3, 0.4) is 0 Å². The summed E-state index contributed by atoms with van der Waals surface area (Å²) in [5.74, 6) is 2.33. The fraction of sp³-hybridized carbons (Fsp3) is 0.357. The van der Waals surface area contributed by atoms with Gasteiger partial charge in [0, 0.05) is 18.3 Å². The maximum absolute atomic E-state index is 11.1. The maximum atomic E-state index is 11.1. The van der Waals surface area contributed by atoms with Crippen molar-refractivity contribution in [2.45, 2.75) is 18.9 Å². The first kappa shape index (κ1) is 13.2. The van der Waals surface area contributed by atoms with Gasteiger partial charge in [-0.05, 0) is 42.5 Å². The molecule has 1 aromatic carbocycles. The number of anilines is 1. The van der Waals surface area contributed by atoms with Crippen molar-refractivity contribution in [3.8, 4) is 0 Å². The van der Waals surface area contributed by atoms with Crippen LogP contribution in [-0.2, 0) is 0 Å². The van der Waals surface area contributed by atoms with Crippen molar-refractivity contribution in [3.63, 3.8) is 0 Å². The first-order valence-electron chi connectivity index (χ1n) is 6.62. The Bertz CT molecular complexity index is 641. The van der Waals surface area contributed by atoms with Crippen LogP contribution in [0.4, 0.5) is 11.4 Å². The van der Waals surface area contributed by atoms with E-state index in [0.29, 0.717) is 16.9 Å². The predicted molar refractivity (Wildman–Crippen MR) is 82.4 cm³/mol. The van der Waals surface area contributed by atoms with Crippen molar-refractivity contribution in [1.82, 2.24) is 4.98 Å². The number of nitro groups is 1. The molecule has 104 valence electrons. The molecular weight excluding hydrogens is 274 g/mol. The van der Waals surface area contributed by atoms with E-state index in [2.05, 4.69) is 10.3 Å². The largest absolute Gasteiger partial charge is 0.380 e. The Morgan fingerprint density at radius 3 is 2.85 bits per heavy atom. The Hall–Kier alpha value is -1.82. The summed E-state index contributed by atoms with van der Waals surface area (Å²) in [6.45, 7) is 0. The maximum Gasteiger partial charge on any atom is 0.278 e. The second-order valence-corrected chi connectivity index (χ2v) is 6.04. The second kappa shape index (κ2) is 5.66. The average molecular weight is 289 g/mol. The molecule has 1 aliphatic rings. The number of nitrogens with zero attached hydrogens (tertiary/aromatic N) is 2. The Labute approximate surface area is 120 Å². The Morgan fingerprint density at radius 2 is 2.10 bits per heavy atom. The third-order valence-corrected chi connectivity index (χ3v) is 4.57. The van der Waals surface area contributed by atoms with Gasteiger partial charge in [0.15, 0.2) is 0 Å². The zero-order valence-corrected chi connectivity index (χ0v) is 11.7. The summed E-state index contributed by atoms with van der Waals surface area (Å²) >= 11 is 1.97. The van der Waals surface area contributed by atoms with E-state index in [1.807, 2.05) is 11.8 Å². The Morgan fingerprint density at radius 1 is 1.30 bits per heavy atom. The summed E-state index contributed by atoms with van der Waals surface area (Å²) in [6.07, 6.45) is 3.92. The molecule has 0 spiro atoms. The Balaban J connectivity index is 1.99. The summed E-state index contributed by atoms with van der Waals surface area (Å²) in [6, 6.07) is 7.25. The highest BCUT2D eigenvalue weighted by molar-refractivity contribution is 7.99. The van der Waals surface area contributed by atoms with Crippen LogP contribution in [0.1, 0.15) is 12.8 Å². The number of non-ortho nitro benzene ring substituents is 1. The number of thioether (sulfide) groups is 1. The minimum Gasteiger partial charge on any atom is -0.380 e. The summed E-state index contributed by atoms with van der Waals surface area (Å²) in [5, 5.41) is 15.2. The van der Waals surface area contributed by atoms with E-state index in [9.17, 15) is 10.1 Å². The van der Waals surface area contributed by atoms with Crippen LogP contribution in [0.25, 0.3) is 10.9 Å². The van der Waals surface area contributed by atoms with E-state index < -0.39 is 0 Å². The van der Waals surface area contributed by atoms with Gasteiger partial charge in [0.1, 0.15) is 5.52 Å². The molecule has 0 aliphatic carbocycles. The van der Waals surface area contributed by atoms with Gasteiger partial charge >= 0.3 is 0 Å². The van der Waals surface area contributed by atoms with E-state index in [-0.39, 0.29) is 10.6 Å². The first-order valence-corrected chi connectivity index (χ1v) is 7.77. The smallest absolute Gasteiger partial charge is 0.278 e. The molecule has 1 N–H and O–H groups in total. The minimum absolute atomic E-state index is 0.109. The van der Waals surface area contributed by atoms with Gasteiger partial charge < -0.3 is 5.32 Å². The van der Waals surface area contributed by atoms with Gasteiger partial charge in [-0.25, -0.2) is 0 Å². The van der Waals surface area contributed by atoms with E-state index in [1.54, 1.807) is 30.5 Å². The molecule has 5 nitrogen and oxygen atoms in total. The van der Waals surface area contributed by atoms with E-state index in [0.717, 1.165) is 30.0 Å². The fourth-order valence-corrected chi connectivity index (χ4v) is 3.60. The molecule has 0 unspecified atom stereocenters. The third-order valence-electron chi connectivity index (χ3n) is 3.52. The van der Waals surface area contributed by atoms with Crippen LogP contribution in [0.15, 0.2) is 30.5 Å². The molecule has 0 bridgehead atoms. The Kier molecular flexibility index (Phi) is 3.73. The number of hydrogen-bond acceptors (Lipinski definition) is 5. The van der Waals surface area contributed by atoms with Crippen LogP contribution in [0, 0.1) is 10.1 Å². The van der Waals surface area contributed by atoms with Gasteiger partial charge in [-0.2, -0.15) is 11.8 Å². The fourth-order valence-electron chi connectivity index (χ4n) is 2.50. The molecule has 6 heteroatoms. The van der Waals surface area contributed by atoms with E-state index in [4.69, 9.17) is 0 Å². The lowest BCUT2D eigenvalue weighted by atomic mass is 10.1. The quantitative estimate of drug-likeness (QED) is 0.692. The van der Waals surface area contributed by atoms with Crippen LogP contribution in [-0.4, -0.2) is 27.5 Å². The van der Waals surface area contributed by atoms with Crippen LogP contribution >= 0.6 is 11.8 Å². The number of nitrogens with one attached hydrogen (secondary N) is 1. The molecule has 2 aromatic rings. The lowest BCUT2D eigenvalue weighted by molar-refractivity contribution is -0.383. The molecule has 1 saturated heterocycles. The molecule has 0 amide bonds. The lowest BCUT2D eigenvalue weighted by Crippen LogP contribution is -2.24. The topological polar surface area (TPSA) is 68.1 Å². The van der Waals surface area contributed by atoms with Crippen molar-refractivity contribution >= 4 is 34.0 Å². The van der Waals surface area contributed by atoms with Crippen molar-refractivity contribution in [2.24, 2.45) is 0 Å². The molecule has 2 heterocycles. The van der Waals surface area contributed by atoms with Gasteiger partial charge in [-0.3, -0.25) is 15.1 Å². The lowest BCUT2D eigenvalue weighted by Gasteiger charge is -2.24. The summed E-state index contributed by atoms with van der Waals surface area (Å²) in [5.41, 5.74) is 1.68. The summed E-state index contributed by atoms with van der Waals surface area (Å²) in [4.78, 5) is 15.0. The number of fused-ring (bicyclic) bond motifs is 1. The number of pyridine rings is 1. The molecule has 1 aliphatic heterocycles. The van der Waals surface area contributed by atoms with Crippen molar-refractivity contribution < 1.29 is 4.92 Å². The standard InChI is InChI=1S/C14H15N3O2S/c18-17(19)13-4-3-12(14-11(13)2-1-7-15-14)16-10-5-8-20-9-6-10/h1-4,7,10,16H,5-6,8-9H2. The molecule has 1 aromatic heterocycles. The number of nitro benzene ring substituents is 1. The molecule has 0 atom stereocenters. The highest BCUT2D eigenvalue weighted by Gasteiger charge is 2.18. The van der Waals surface area contributed by atoms with Crippen molar-refractivity contribution in [3.05, 3.63) is 40.6 Å². The number of hydrogen-bond donors (Lipinski definition) is 1. The molecule has 0 radical (unpaired) electrons. The monoisotopic (exact) mass is 289 g/mol. The van der Waals surface area contributed by atoms with E-state index >= 15 is 0 Å². The molecule has 0 saturated carbocycles. The van der Waals surface area contributed by atoms with Gasteiger partial charge in [0.2, 0.25) is 0 Å². The highest BCUT2D eigenvalue weighted by atomic mass is 32.2. The van der Waals surface area contributed by atoms with Crippen molar-refractivity contribution in [2.75, 3.05) is 16.8 Å². The van der Waals surface area contributed by atoms with Gasteiger partial charge in [-0.15, -0.1) is 0 Å². The van der Waals surface area contributed by atoms with Crippen LogP contribution in [0.5, 0.6) is 0 Å². The van der Waals surface area contributed by atoms with Crippen molar-refractivity contribution in [1.29, 1.82) is 0 Å². The summed E-state index contributed by atoms with van der Waals surface area (Å²) < 4.78 is 0. The second-order valence-electron chi connectivity index (χ2n) is 4.82. The van der Waals surface area contributed by atoms with Crippen LogP contribution < -0.4 is 5.32 Å². The van der Waals surface area contributed by atoms with Crippen LogP contribution in [0.2, 0.25) is 0 Å². The molecule has 20 heavy (non-hydrogen) atoms. The zero-order valence-electron chi connectivity index (χ0n) is 10.9. The first-order chi connectivity index (χ1) is 9.75. The number of benzene rings is 1. The molecule has 1 fully saturated rings. The third kappa shape index (κ3) is 2.56. The number of rotatable bonds is 3. The minimum atomic E-state index is -0.356. The normalized spacial score (nSPS) is 16.2. The van der Waals surface area contributed by atoms with Gasteiger partial charge in [0.05, 0.1) is 16.0 Å². The molecule has 3 rings (SSSR count). The predicted octanol–water partition coefficient (Wildman–Crippen LogP) is 3.45. The van der Waals surface area contributed by atoms with Gasteiger partial charge in [-0.1, -0.05) is 0 Å². The summed E-state index contributed by atoms with van der Waals surface area (Å²) in [7, 11) is 0. The molecular formula is C14H15N3O2S. The van der Waals surface area contributed by atoms with E-state index in [1.165, 1.54) is 0 Å².